The largest absolute Gasteiger partial charge is 0.478 e. The number of nitrogens with one attached hydrogen (secondary N) is 1. The number of hydrogen-bond donors (Lipinski definition) is 1. The first-order valence-electron chi connectivity index (χ1n) is 5.81. The molecule has 1 N–H and O–H groups in total. The van der Waals surface area contributed by atoms with Crippen LogP contribution in [0.2, 0.25) is 0 Å². The summed E-state index contributed by atoms with van der Waals surface area (Å²) >= 11 is 0. The highest BCUT2D eigenvalue weighted by molar-refractivity contribution is 5.37. The van der Waals surface area contributed by atoms with Crippen molar-refractivity contribution in [3.63, 3.8) is 0 Å². The quantitative estimate of drug-likeness (QED) is 0.822. The lowest BCUT2D eigenvalue weighted by molar-refractivity contribution is 0.305. The number of ether oxygens (including phenoxy) is 1. The molecule has 0 fully saturated rings. The zero-order valence-electron chi connectivity index (χ0n) is 10.5. The van der Waals surface area contributed by atoms with Crippen LogP contribution in [-0.2, 0) is 13.6 Å². The van der Waals surface area contributed by atoms with Crippen molar-refractivity contribution >= 4 is 5.82 Å². The predicted molar refractivity (Wildman–Crippen MR) is 66.1 cm³/mol. The van der Waals surface area contributed by atoms with Crippen LogP contribution in [0.4, 0.5) is 5.82 Å². The van der Waals surface area contributed by atoms with Gasteiger partial charge in [-0.3, -0.25) is 0 Å². The second-order valence-corrected chi connectivity index (χ2v) is 3.80. The van der Waals surface area contributed by atoms with E-state index in [0.717, 1.165) is 12.2 Å². The van der Waals surface area contributed by atoms with Crippen molar-refractivity contribution < 1.29 is 4.74 Å². The van der Waals surface area contributed by atoms with Crippen molar-refractivity contribution in [1.29, 1.82) is 0 Å². The Morgan fingerprint density at radius 2 is 2.28 bits per heavy atom. The van der Waals surface area contributed by atoms with Crippen LogP contribution in [0.3, 0.4) is 0 Å². The van der Waals surface area contributed by atoms with E-state index in [2.05, 4.69) is 32.4 Å². The standard InChI is InChI=1S/C11H16N6O/c1-3-4-18-11-5-9(13-7-14-11)12-6-10-16-15-8-17(10)2/h5,7-8H,3-4,6H2,1-2H3,(H,12,13,14). The molecule has 0 aliphatic heterocycles. The van der Waals surface area contributed by atoms with Crippen molar-refractivity contribution in [3.8, 4) is 5.88 Å². The fourth-order valence-corrected chi connectivity index (χ4v) is 1.36. The van der Waals surface area contributed by atoms with Crippen molar-refractivity contribution in [3.05, 3.63) is 24.5 Å². The molecule has 2 heterocycles. The lowest BCUT2D eigenvalue weighted by Gasteiger charge is -2.07. The number of nitrogens with zero attached hydrogens (tertiary/aromatic N) is 5. The summed E-state index contributed by atoms with van der Waals surface area (Å²) < 4.78 is 7.28. The lowest BCUT2D eigenvalue weighted by Crippen LogP contribution is -2.07. The summed E-state index contributed by atoms with van der Waals surface area (Å²) in [6.07, 6.45) is 4.09. The first-order valence-corrected chi connectivity index (χ1v) is 5.81. The van der Waals surface area contributed by atoms with Gasteiger partial charge in [0.2, 0.25) is 5.88 Å². The Bertz CT molecular complexity index is 498. The number of hydrogen-bond acceptors (Lipinski definition) is 6. The van der Waals surface area contributed by atoms with E-state index in [1.165, 1.54) is 6.33 Å². The molecule has 7 heteroatoms. The number of rotatable bonds is 6. The van der Waals surface area contributed by atoms with E-state index in [4.69, 9.17) is 4.74 Å². The first-order chi connectivity index (χ1) is 8.79. The van der Waals surface area contributed by atoms with E-state index in [-0.39, 0.29) is 0 Å². The molecule has 2 aromatic heterocycles. The van der Waals surface area contributed by atoms with Gasteiger partial charge in [-0.2, -0.15) is 0 Å². The van der Waals surface area contributed by atoms with Crippen molar-refractivity contribution in [2.24, 2.45) is 7.05 Å². The maximum absolute atomic E-state index is 5.43. The van der Waals surface area contributed by atoms with Gasteiger partial charge in [0.15, 0.2) is 5.82 Å². The summed E-state index contributed by atoms with van der Waals surface area (Å²) in [7, 11) is 1.90. The van der Waals surface area contributed by atoms with Gasteiger partial charge in [-0.1, -0.05) is 6.92 Å². The Kier molecular flexibility index (Phi) is 4.06. The molecular weight excluding hydrogens is 232 g/mol. The van der Waals surface area contributed by atoms with Crippen LogP contribution in [0.1, 0.15) is 19.2 Å². The Morgan fingerprint density at radius 1 is 1.39 bits per heavy atom. The van der Waals surface area contributed by atoms with Gasteiger partial charge < -0.3 is 14.6 Å². The van der Waals surface area contributed by atoms with E-state index >= 15 is 0 Å². The average Bonchev–Trinajstić information content (AvgIpc) is 2.80. The second-order valence-electron chi connectivity index (χ2n) is 3.80. The van der Waals surface area contributed by atoms with Gasteiger partial charge in [0.25, 0.3) is 0 Å². The van der Waals surface area contributed by atoms with Crippen molar-refractivity contribution in [2.45, 2.75) is 19.9 Å². The van der Waals surface area contributed by atoms with E-state index in [1.807, 2.05) is 11.6 Å². The van der Waals surface area contributed by atoms with Crippen LogP contribution in [0.15, 0.2) is 18.7 Å². The first kappa shape index (κ1) is 12.3. The molecule has 0 aliphatic rings. The van der Waals surface area contributed by atoms with Gasteiger partial charge >= 0.3 is 0 Å². The van der Waals surface area contributed by atoms with Gasteiger partial charge in [-0.25, -0.2) is 9.97 Å². The molecule has 0 amide bonds. The van der Waals surface area contributed by atoms with E-state index in [9.17, 15) is 0 Å². The van der Waals surface area contributed by atoms with Crippen LogP contribution in [0, 0.1) is 0 Å². The fourth-order valence-electron chi connectivity index (χ4n) is 1.36. The summed E-state index contributed by atoms with van der Waals surface area (Å²) in [4.78, 5) is 8.15. The highest BCUT2D eigenvalue weighted by atomic mass is 16.5. The van der Waals surface area contributed by atoms with E-state index in [1.54, 1.807) is 12.4 Å². The maximum Gasteiger partial charge on any atom is 0.218 e. The van der Waals surface area contributed by atoms with Gasteiger partial charge in [0.1, 0.15) is 18.5 Å². The molecule has 0 aliphatic carbocycles. The third-order valence-corrected chi connectivity index (χ3v) is 2.33. The molecule has 0 spiro atoms. The normalized spacial score (nSPS) is 10.3. The van der Waals surface area contributed by atoms with Crippen LogP contribution in [0.5, 0.6) is 5.88 Å². The third kappa shape index (κ3) is 3.16. The molecule has 0 bridgehead atoms. The lowest BCUT2D eigenvalue weighted by atomic mass is 10.5. The average molecular weight is 248 g/mol. The van der Waals surface area contributed by atoms with Crippen LogP contribution in [-0.4, -0.2) is 31.3 Å². The molecule has 2 aromatic rings. The summed E-state index contributed by atoms with van der Waals surface area (Å²) in [6, 6.07) is 1.77. The SMILES string of the molecule is CCCOc1cc(NCc2nncn2C)ncn1. The second kappa shape index (κ2) is 5.95. The summed E-state index contributed by atoms with van der Waals surface area (Å²) in [5.74, 6) is 2.12. The van der Waals surface area contributed by atoms with Gasteiger partial charge in [-0.05, 0) is 6.42 Å². The highest BCUT2D eigenvalue weighted by Gasteiger charge is 2.02. The summed E-state index contributed by atoms with van der Waals surface area (Å²) in [6.45, 7) is 3.26. The Labute approximate surface area is 105 Å². The molecule has 0 radical (unpaired) electrons. The number of aromatic nitrogens is 5. The topological polar surface area (TPSA) is 77.8 Å². The van der Waals surface area contributed by atoms with Crippen LogP contribution in [0.25, 0.3) is 0 Å². The minimum absolute atomic E-state index is 0.556. The molecule has 0 saturated carbocycles. The van der Waals surface area contributed by atoms with Crippen LogP contribution >= 0.6 is 0 Å². The Balaban J connectivity index is 1.95. The molecule has 7 nitrogen and oxygen atoms in total. The fraction of sp³-hybridized carbons (Fsp3) is 0.455. The molecule has 18 heavy (non-hydrogen) atoms. The molecule has 96 valence electrons. The summed E-state index contributed by atoms with van der Waals surface area (Å²) in [5, 5.41) is 10.9. The molecule has 0 atom stereocenters. The molecule has 2 rings (SSSR count). The highest BCUT2D eigenvalue weighted by Crippen LogP contribution is 2.11. The predicted octanol–water partition coefficient (Wildman–Crippen LogP) is 1.01. The molecular formula is C11H16N6O. The zero-order valence-corrected chi connectivity index (χ0v) is 10.5. The van der Waals surface area contributed by atoms with Gasteiger partial charge in [-0.15, -0.1) is 10.2 Å². The number of anilines is 1. The molecule has 0 unspecified atom stereocenters. The monoisotopic (exact) mass is 248 g/mol. The zero-order chi connectivity index (χ0) is 12.8. The van der Waals surface area contributed by atoms with Gasteiger partial charge in [0.05, 0.1) is 13.2 Å². The van der Waals surface area contributed by atoms with Gasteiger partial charge in [0, 0.05) is 13.1 Å². The minimum Gasteiger partial charge on any atom is -0.478 e. The van der Waals surface area contributed by atoms with Crippen molar-refractivity contribution in [2.75, 3.05) is 11.9 Å². The Morgan fingerprint density at radius 3 is 3.00 bits per heavy atom. The maximum atomic E-state index is 5.43. The third-order valence-electron chi connectivity index (χ3n) is 2.33. The summed E-state index contributed by atoms with van der Waals surface area (Å²) in [5.41, 5.74) is 0. The van der Waals surface area contributed by atoms with E-state index < -0.39 is 0 Å². The number of aryl methyl sites for hydroxylation is 1. The van der Waals surface area contributed by atoms with Crippen LogP contribution < -0.4 is 10.1 Å². The van der Waals surface area contributed by atoms with E-state index in [0.29, 0.717) is 24.8 Å². The Hall–Kier alpha value is -2.18. The molecule has 0 saturated heterocycles. The minimum atomic E-state index is 0.556. The van der Waals surface area contributed by atoms with Crippen molar-refractivity contribution in [1.82, 2.24) is 24.7 Å². The smallest absolute Gasteiger partial charge is 0.218 e. The molecule has 0 aromatic carbocycles.